The van der Waals surface area contributed by atoms with E-state index in [0.717, 1.165) is 22.8 Å². The lowest BCUT2D eigenvalue weighted by atomic mass is 9.76. The Labute approximate surface area is 104 Å². The van der Waals surface area contributed by atoms with Crippen LogP contribution in [0.15, 0.2) is 23.8 Å². The summed E-state index contributed by atoms with van der Waals surface area (Å²) in [6, 6.07) is 1.92. The molecule has 0 saturated carbocycles. The number of hydrogen-bond acceptors (Lipinski definition) is 3. The molecule has 0 unspecified atom stereocenters. The third kappa shape index (κ3) is 1.72. The average Bonchev–Trinajstić information content (AvgIpc) is 2.82. The zero-order valence-corrected chi connectivity index (χ0v) is 10.8. The number of carbonyl (C=O) groups is 1. The van der Waals surface area contributed by atoms with Gasteiger partial charge in [-0.2, -0.15) is 0 Å². The van der Waals surface area contributed by atoms with Crippen LogP contribution in [0.5, 0.6) is 0 Å². The standard InChI is InChI=1S/C13H14N2OS/c1-13(2)7-10-9(11(16)8-13)3-5-15(10)12-14-4-6-17-12/h3-6H,7-8H2,1-2H3. The van der Waals surface area contributed by atoms with Gasteiger partial charge in [-0.05, 0) is 17.9 Å². The Kier molecular flexibility index (Phi) is 2.23. The number of hydrogen-bond donors (Lipinski definition) is 0. The Morgan fingerprint density at radius 2 is 2.24 bits per heavy atom. The highest BCUT2D eigenvalue weighted by atomic mass is 32.1. The third-order valence-corrected chi connectivity index (χ3v) is 3.97. The molecule has 0 bridgehead atoms. The molecule has 1 aliphatic carbocycles. The third-order valence-electron chi connectivity index (χ3n) is 3.20. The lowest BCUT2D eigenvalue weighted by Gasteiger charge is -2.29. The number of nitrogens with zero attached hydrogens (tertiary/aromatic N) is 2. The summed E-state index contributed by atoms with van der Waals surface area (Å²) in [6.45, 7) is 4.29. The second-order valence-corrected chi connectivity index (χ2v) is 6.17. The molecule has 0 N–H and O–H groups in total. The summed E-state index contributed by atoms with van der Waals surface area (Å²) in [7, 11) is 0. The first-order valence-corrected chi connectivity index (χ1v) is 6.58. The van der Waals surface area contributed by atoms with Crippen molar-refractivity contribution >= 4 is 17.1 Å². The Bertz CT molecular complexity index is 566. The molecule has 3 nitrogen and oxygen atoms in total. The van der Waals surface area contributed by atoms with Crippen LogP contribution in [0.3, 0.4) is 0 Å². The van der Waals surface area contributed by atoms with Gasteiger partial charge in [0.15, 0.2) is 10.9 Å². The number of carbonyl (C=O) groups excluding carboxylic acids is 1. The van der Waals surface area contributed by atoms with Crippen molar-refractivity contribution < 1.29 is 4.79 Å². The first-order valence-electron chi connectivity index (χ1n) is 5.70. The number of fused-ring (bicyclic) bond motifs is 1. The van der Waals surface area contributed by atoms with E-state index in [9.17, 15) is 4.79 Å². The van der Waals surface area contributed by atoms with E-state index in [-0.39, 0.29) is 11.2 Å². The first kappa shape index (κ1) is 10.7. The Balaban J connectivity index is 2.14. The summed E-state index contributed by atoms with van der Waals surface area (Å²) in [5.41, 5.74) is 2.04. The topological polar surface area (TPSA) is 34.9 Å². The maximum atomic E-state index is 12.1. The molecule has 2 aromatic heterocycles. The van der Waals surface area contributed by atoms with Crippen LogP contribution in [0.2, 0.25) is 0 Å². The van der Waals surface area contributed by atoms with Gasteiger partial charge in [-0.1, -0.05) is 13.8 Å². The van der Waals surface area contributed by atoms with Gasteiger partial charge in [0.25, 0.3) is 0 Å². The van der Waals surface area contributed by atoms with Gasteiger partial charge in [0.2, 0.25) is 0 Å². The van der Waals surface area contributed by atoms with Crippen LogP contribution in [0, 0.1) is 5.41 Å². The average molecular weight is 246 g/mol. The summed E-state index contributed by atoms with van der Waals surface area (Å²) in [5.74, 6) is 0.256. The van der Waals surface area contributed by atoms with Crippen molar-refractivity contribution in [3.63, 3.8) is 0 Å². The Hall–Kier alpha value is -1.42. The van der Waals surface area contributed by atoms with Crippen molar-refractivity contribution in [2.45, 2.75) is 26.7 Å². The van der Waals surface area contributed by atoms with E-state index in [0.29, 0.717) is 6.42 Å². The second kappa shape index (κ2) is 3.53. The number of thiazole rings is 1. The summed E-state index contributed by atoms with van der Waals surface area (Å²) < 4.78 is 2.05. The zero-order chi connectivity index (χ0) is 12.0. The van der Waals surface area contributed by atoms with Gasteiger partial charge in [-0.15, -0.1) is 11.3 Å². The molecule has 2 heterocycles. The molecule has 0 spiro atoms. The molecule has 88 valence electrons. The van der Waals surface area contributed by atoms with Crippen LogP contribution in [0.4, 0.5) is 0 Å². The van der Waals surface area contributed by atoms with E-state index in [1.807, 2.05) is 17.6 Å². The smallest absolute Gasteiger partial charge is 0.193 e. The predicted molar refractivity (Wildman–Crippen MR) is 67.9 cm³/mol. The van der Waals surface area contributed by atoms with Gasteiger partial charge in [0, 0.05) is 35.5 Å². The number of aromatic nitrogens is 2. The maximum absolute atomic E-state index is 12.1. The highest BCUT2D eigenvalue weighted by Gasteiger charge is 2.33. The molecule has 0 atom stereocenters. The lowest BCUT2D eigenvalue weighted by Crippen LogP contribution is -2.27. The predicted octanol–water partition coefficient (Wildman–Crippen LogP) is 3.09. The molecule has 0 aromatic carbocycles. The van der Waals surface area contributed by atoms with Crippen LogP contribution >= 0.6 is 11.3 Å². The molecule has 0 fully saturated rings. The molecule has 4 heteroatoms. The van der Waals surface area contributed by atoms with Crippen molar-refractivity contribution in [1.82, 2.24) is 9.55 Å². The summed E-state index contributed by atoms with van der Waals surface area (Å²) >= 11 is 1.60. The monoisotopic (exact) mass is 246 g/mol. The molecule has 0 saturated heterocycles. The summed E-state index contributed by atoms with van der Waals surface area (Å²) in [4.78, 5) is 16.4. The van der Waals surface area contributed by atoms with Gasteiger partial charge in [0.05, 0.1) is 0 Å². The van der Waals surface area contributed by atoms with Crippen LogP contribution in [-0.2, 0) is 6.42 Å². The van der Waals surface area contributed by atoms with Gasteiger partial charge < -0.3 is 0 Å². The number of ketones is 1. The molecule has 0 aliphatic heterocycles. The number of rotatable bonds is 1. The zero-order valence-electron chi connectivity index (χ0n) is 9.93. The Morgan fingerprint density at radius 1 is 1.41 bits per heavy atom. The molecule has 0 amide bonds. The molecule has 3 rings (SSSR count). The fourth-order valence-electron chi connectivity index (χ4n) is 2.46. The van der Waals surface area contributed by atoms with Gasteiger partial charge in [0.1, 0.15) is 0 Å². The fourth-order valence-corrected chi connectivity index (χ4v) is 3.11. The largest absolute Gasteiger partial charge is 0.296 e. The minimum absolute atomic E-state index is 0.0530. The maximum Gasteiger partial charge on any atom is 0.193 e. The van der Waals surface area contributed by atoms with E-state index in [4.69, 9.17) is 0 Å². The van der Waals surface area contributed by atoms with Gasteiger partial charge in [-0.3, -0.25) is 9.36 Å². The SMILES string of the molecule is CC1(C)CC(=O)c2ccn(-c3nccs3)c2C1. The van der Waals surface area contributed by atoms with E-state index >= 15 is 0 Å². The van der Waals surface area contributed by atoms with E-state index in [2.05, 4.69) is 23.4 Å². The summed E-state index contributed by atoms with van der Waals surface area (Å²) in [5, 5.41) is 2.90. The second-order valence-electron chi connectivity index (χ2n) is 5.30. The quantitative estimate of drug-likeness (QED) is 0.775. The lowest BCUT2D eigenvalue weighted by molar-refractivity contribution is 0.0911. The van der Waals surface area contributed by atoms with Crippen molar-refractivity contribution in [1.29, 1.82) is 0 Å². The van der Waals surface area contributed by atoms with Gasteiger partial charge >= 0.3 is 0 Å². The van der Waals surface area contributed by atoms with Crippen molar-refractivity contribution in [3.8, 4) is 5.13 Å². The van der Waals surface area contributed by atoms with Gasteiger partial charge in [-0.25, -0.2) is 4.98 Å². The Morgan fingerprint density at radius 3 is 2.94 bits per heavy atom. The molecular formula is C13H14N2OS. The van der Waals surface area contributed by atoms with Crippen LogP contribution in [-0.4, -0.2) is 15.3 Å². The fraction of sp³-hybridized carbons (Fsp3) is 0.385. The van der Waals surface area contributed by atoms with Crippen LogP contribution in [0.1, 0.15) is 36.3 Å². The molecular weight excluding hydrogens is 232 g/mol. The van der Waals surface area contributed by atoms with Crippen LogP contribution in [0.25, 0.3) is 5.13 Å². The van der Waals surface area contributed by atoms with Crippen molar-refractivity contribution in [2.24, 2.45) is 5.41 Å². The highest BCUT2D eigenvalue weighted by Crippen LogP contribution is 2.36. The normalized spacial score (nSPS) is 18.1. The highest BCUT2D eigenvalue weighted by molar-refractivity contribution is 7.12. The minimum atomic E-state index is 0.0530. The van der Waals surface area contributed by atoms with Crippen molar-refractivity contribution in [3.05, 3.63) is 35.1 Å². The van der Waals surface area contributed by atoms with Crippen molar-refractivity contribution in [2.75, 3.05) is 0 Å². The van der Waals surface area contributed by atoms with E-state index in [1.165, 1.54) is 0 Å². The summed E-state index contributed by atoms with van der Waals surface area (Å²) in [6.07, 6.45) is 5.33. The first-order chi connectivity index (χ1) is 8.07. The molecule has 0 radical (unpaired) electrons. The number of Topliss-reactive ketones (excluding diaryl/α,β-unsaturated/α-hetero) is 1. The molecule has 1 aliphatic rings. The minimum Gasteiger partial charge on any atom is -0.296 e. The molecule has 2 aromatic rings. The van der Waals surface area contributed by atoms with Crippen LogP contribution < -0.4 is 0 Å². The molecule has 17 heavy (non-hydrogen) atoms. The van der Waals surface area contributed by atoms with E-state index < -0.39 is 0 Å². The van der Waals surface area contributed by atoms with E-state index in [1.54, 1.807) is 17.5 Å².